The molecule has 0 amide bonds. The smallest absolute Gasteiger partial charge is 0.247 e. The van der Waals surface area contributed by atoms with Crippen LogP contribution in [0.1, 0.15) is 38.5 Å². The van der Waals surface area contributed by atoms with E-state index >= 15 is 0 Å². The maximum Gasteiger partial charge on any atom is 0.247 e. The lowest BCUT2D eigenvalue weighted by molar-refractivity contribution is 0.238. The average molecular weight is 407 g/mol. The van der Waals surface area contributed by atoms with Crippen LogP contribution in [0.3, 0.4) is 0 Å². The number of nitrogens with one attached hydrogen (secondary N) is 2. The second kappa shape index (κ2) is 8.92. The Bertz CT molecular complexity index is 957. The van der Waals surface area contributed by atoms with E-state index in [-0.39, 0.29) is 0 Å². The predicted molar refractivity (Wildman–Crippen MR) is 120 cm³/mol. The molecule has 0 atom stereocenters. The van der Waals surface area contributed by atoms with Crippen LogP contribution in [0, 0.1) is 0 Å². The Kier molecular flexibility index (Phi) is 5.70. The van der Waals surface area contributed by atoms with Crippen LogP contribution in [0.4, 0.5) is 17.5 Å². The highest BCUT2D eigenvalue weighted by Gasteiger charge is 2.16. The van der Waals surface area contributed by atoms with Gasteiger partial charge < -0.3 is 15.4 Å². The van der Waals surface area contributed by atoms with Gasteiger partial charge in [0.05, 0.1) is 0 Å². The number of benzene rings is 1. The van der Waals surface area contributed by atoms with Crippen LogP contribution in [0.5, 0.6) is 5.75 Å². The van der Waals surface area contributed by atoms with Gasteiger partial charge >= 0.3 is 0 Å². The monoisotopic (exact) mass is 406 g/mol. The Morgan fingerprint density at radius 2 is 1.77 bits per heavy atom. The van der Waals surface area contributed by atoms with Crippen molar-refractivity contribution in [2.45, 2.75) is 44.6 Å². The van der Waals surface area contributed by atoms with E-state index in [1.54, 1.807) is 0 Å². The molecule has 1 aliphatic carbocycles. The molecule has 2 fully saturated rings. The summed E-state index contributed by atoms with van der Waals surface area (Å²) in [6, 6.07) is 14.6. The second-order valence-electron chi connectivity index (χ2n) is 8.29. The molecule has 2 N–H and O–H groups in total. The van der Waals surface area contributed by atoms with E-state index in [1.807, 2.05) is 40.9 Å². The first-order chi connectivity index (χ1) is 14.8. The summed E-state index contributed by atoms with van der Waals surface area (Å²) < 4.78 is 7.77. The van der Waals surface area contributed by atoms with Gasteiger partial charge in [-0.05, 0) is 75.2 Å². The Morgan fingerprint density at radius 3 is 2.57 bits per heavy atom. The lowest BCUT2D eigenvalue weighted by atomic mass is 10.2. The van der Waals surface area contributed by atoms with E-state index < -0.39 is 0 Å². The topological polar surface area (TPSA) is 66.7 Å². The van der Waals surface area contributed by atoms with E-state index in [9.17, 15) is 0 Å². The van der Waals surface area contributed by atoms with Gasteiger partial charge in [0.2, 0.25) is 5.95 Å². The van der Waals surface area contributed by atoms with Gasteiger partial charge in [-0.2, -0.15) is 9.50 Å². The standard InChI is InChI=1S/C23H30N6O/c1-2-7-18(6-1)24-21-8-5-9-22-26-23(27-29(21)22)25-19-10-12-20(13-11-19)30-17-16-28-14-3-4-15-28/h5,8-13,18,24H,1-4,6-7,14-17H2,(H,25,27). The number of nitrogens with zero attached hydrogens (tertiary/aromatic N) is 4. The zero-order valence-electron chi connectivity index (χ0n) is 17.4. The van der Waals surface area contributed by atoms with Crippen molar-refractivity contribution in [3.8, 4) is 5.75 Å². The summed E-state index contributed by atoms with van der Waals surface area (Å²) >= 11 is 0. The third-order valence-corrected chi connectivity index (χ3v) is 6.05. The predicted octanol–water partition coefficient (Wildman–Crippen LogP) is 4.30. The number of hydrogen-bond acceptors (Lipinski definition) is 6. The molecule has 5 rings (SSSR count). The van der Waals surface area contributed by atoms with Crippen molar-refractivity contribution in [3.63, 3.8) is 0 Å². The number of anilines is 3. The maximum absolute atomic E-state index is 5.89. The summed E-state index contributed by atoms with van der Waals surface area (Å²) in [5.74, 6) is 2.49. The molecule has 0 radical (unpaired) electrons. The van der Waals surface area contributed by atoms with Gasteiger partial charge in [0, 0.05) is 18.3 Å². The molecule has 3 aromatic rings. The minimum absolute atomic E-state index is 0.536. The van der Waals surface area contributed by atoms with Gasteiger partial charge in [0.15, 0.2) is 5.65 Å². The highest BCUT2D eigenvalue weighted by Crippen LogP contribution is 2.24. The number of fused-ring (bicyclic) bond motifs is 1. The molecular formula is C23H30N6O. The van der Waals surface area contributed by atoms with Crippen LogP contribution in [0.2, 0.25) is 0 Å². The first-order valence-corrected chi connectivity index (χ1v) is 11.2. The van der Waals surface area contributed by atoms with Gasteiger partial charge in [0.25, 0.3) is 0 Å². The average Bonchev–Trinajstić information content (AvgIpc) is 3.51. The fraction of sp³-hybridized carbons (Fsp3) is 0.478. The molecule has 1 saturated heterocycles. The molecular weight excluding hydrogens is 376 g/mol. The first-order valence-electron chi connectivity index (χ1n) is 11.2. The summed E-state index contributed by atoms with van der Waals surface area (Å²) in [6.45, 7) is 4.15. The molecule has 158 valence electrons. The highest BCUT2D eigenvalue weighted by molar-refractivity contribution is 5.58. The molecule has 2 aliphatic rings. The van der Waals surface area contributed by atoms with Gasteiger partial charge in [-0.3, -0.25) is 4.90 Å². The molecule has 1 saturated carbocycles. The molecule has 7 heteroatoms. The normalized spacial score (nSPS) is 17.6. The maximum atomic E-state index is 5.89. The zero-order valence-corrected chi connectivity index (χ0v) is 17.4. The molecule has 0 bridgehead atoms. The van der Waals surface area contributed by atoms with E-state index in [1.165, 1.54) is 51.6 Å². The molecule has 0 spiro atoms. The van der Waals surface area contributed by atoms with E-state index in [4.69, 9.17) is 4.74 Å². The van der Waals surface area contributed by atoms with E-state index in [0.717, 1.165) is 36.1 Å². The Labute approximate surface area is 177 Å². The van der Waals surface area contributed by atoms with Crippen molar-refractivity contribution in [3.05, 3.63) is 42.5 Å². The molecule has 1 aliphatic heterocycles. The number of aromatic nitrogens is 3. The van der Waals surface area contributed by atoms with Gasteiger partial charge in [-0.15, -0.1) is 5.10 Å². The largest absolute Gasteiger partial charge is 0.492 e. The van der Waals surface area contributed by atoms with E-state index in [2.05, 4.69) is 31.7 Å². The van der Waals surface area contributed by atoms with Crippen molar-refractivity contribution in [1.29, 1.82) is 0 Å². The summed E-state index contributed by atoms with van der Waals surface area (Å²) in [4.78, 5) is 7.08. The Hall–Kier alpha value is -2.80. The molecule has 2 aromatic heterocycles. The van der Waals surface area contributed by atoms with Crippen molar-refractivity contribution in [2.24, 2.45) is 0 Å². The fourth-order valence-electron chi connectivity index (χ4n) is 4.41. The lowest BCUT2D eigenvalue weighted by Crippen LogP contribution is -2.25. The summed E-state index contributed by atoms with van der Waals surface area (Å²) in [5.41, 5.74) is 1.78. The summed E-state index contributed by atoms with van der Waals surface area (Å²) in [5, 5.41) is 11.6. The number of rotatable bonds is 8. The van der Waals surface area contributed by atoms with Crippen LogP contribution in [-0.4, -0.2) is 51.8 Å². The summed E-state index contributed by atoms with van der Waals surface area (Å²) in [7, 11) is 0. The SMILES string of the molecule is c1cc(NC2CCCC2)n2nc(Nc3ccc(OCCN4CCCC4)cc3)nc2c1. The van der Waals surface area contributed by atoms with Crippen molar-refractivity contribution in [2.75, 3.05) is 36.9 Å². The van der Waals surface area contributed by atoms with Crippen molar-refractivity contribution in [1.82, 2.24) is 19.5 Å². The second-order valence-corrected chi connectivity index (χ2v) is 8.29. The van der Waals surface area contributed by atoms with Crippen molar-refractivity contribution < 1.29 is 4.74 Å². The number of hydrogen-bond donors (Lipinski definition) is 2. The molecule has 3 heterocycles. The quantitative estimate of drug-likeness (QED) is 0.581. The fourth-order valence-corrected chi connectivity index (χ4v) is 4.41. The van der Waals surface area contributed by atoms with E-state index in [0.29, 0.717) is 12.0 Å². The Balaban J connectivity index is 1.20. The zero-order chi connectivity index (χ0) is 20.2. The van der Waals surface area contributed by atoms with Crippen LogP contribution in [0.15, 0.2) is 42.5 Å². The van der Waals surface area contributed by atoms with Gasteiger partial charge in [-0.25, -0.2) is 0 Å². The van der Waals surface area contributed by atoms with Crippen molar-refractivity contribution >= 4 is 23.1 Å². The number of ether oxygens (including phenoxy) is 1. The third kappa shape index (κ3) is 4.51. The molecule has 1 aromatic carbocycles. The lowest BCUT2D eigenvalue weighted by Gasteiger charge is -2.15. The molecule has 30 heavy (non-hydrogen) atoms. The minimum atomic E-state index is 0.536. The molecule has 7 nitrogen and oxygen atoms in total. The highest BCUT2D eigenvalue weighted by atomic mass is 16.5. The van der Waals surface area contributed by atoms with Crippen LogP contribution >= 0.6 is 0 Å². The van der Waals surface area contributed by atoms with Gasteiger partial charge in [0.1, 0.15) is 18.2 Å². The number of pyridine rings is 1. The third-order valence-electron chi connectivity index (χ3n) is 6.05. The first kappa shape index (κ1) is 19.2. The minimum Gasteiger partial charge on any atom is -0.492 e. The Morgan fingerprint density at radius 1 is 0.967 bits per heavy atom. The van der Waals surface area contributed by atoms with Crippen LogP contribution in [0.25, 0.3) is 5.65 Å². The van der Waals surface area contributed by atoms with Crippen LogP contribution in [-0.2, 0) is 0 Å². The van der Waals surface area contributed by atoms with Gasteiger partial charge in [-0.1, -0.05) is 18.9 Å². The number of likely N-dealkylation sites (tertiary alicyclic amines) is 1. The molecule has 0 unspecified atom stereocenters. The summed E-state index contributed by atoms with van der Waals surface area (Å²) in [6.07, 6.45) is 7.68. The van der Waals surface area contributed by atoms with Crippen LogP contribution < -0.4 is 15.4 Å².